The van der Waals surface area contributed by atoms with E-state index in [0.29, 0.717) is 13.0 Å². The molecule has 6 N–H and O–H groups in total. The van der Waals surface area contributed by atoms with Gasteiger partial charge in [-0.25, -0.2) is 0 Å². The number of aliphatic carboxylic acids is 2. The van der Waals surface area contributed by atoms with Crippen LogP contribution in [-0.4, -0.2) is 34.7 Å². The monoisotopic (exact) mass is 220 g/mol. The van der Waals surface area contributed by atoms with Gasteiger partial charge in [-0.1, -0.05) is 13.3 Å². The quantitative estimate of drug-likeness (QED) is 0.467. The average molecular weight is 220 g/mol. The second-order valence-corrected chi connectivity index (χ2v) is 2.98. The fourth-order valence-electron chi connectivity index (χ4n) is 0.632. The van der Waals surface area contributed by atoms with Gasteiger partial charge in [0, 0.05) is 6.42 Å². The molecule has 0 aromatic carbocycles. The minimum atomic E-state index is -0.933. The third-order valence-corrected chi connectivity index (χ3v) is 1.59. The van der Waals surface area contributed by atoms with Gasteiger partial charge in [-0.2, -0.15) is 0 Å². The Bertz CT molecular complexity index is 185. The van der Waals surface area contributed by atoms with Crippen molar-refractivity contribution in [2.45, 2.75) is 38.6 Å². The van der Waals surface area contributed by atoms with Gasteiger partial charge < -0.3 is 21.7 Å². The van der Waals surface area contributed by atoms with Crippen molar-refractivity contribution in [1.29, 1.82) is 0 Å². The van der Waals surface area contributed by atoms with Crippen molar-refractivity contribution in [2.75, 3.05) is 6.54 Å². The molecule has 0 spiro atoms. The Morgan fingerprint density at radius 1 is 1.27 bits per heavy atom. The van der Waals surface area contributed by atoms with Crippen molar-refractivity contribution in [3.8, 4) is 0 Å². The summed E-state index contributed by atoms with van der Waals surface area (Å²) in [5.74, 6) is -1.68. The van der Waals surface area contributed by atoms with Crippen LogP contribution < -0.4 is 11.5 Å². The summed E-state index contributed by atoms with van der Waals surface area (Å²) in [6, 6.07) is -0.716. The van der Waals surface area contributed by atoms with Crippen molar-refractivity contribution in [2.24, 2.45) is 11.5 Å². The summed E-state index contributed by atoms with van der Waals surface area (Å²) in [6.07, 6.45) is 2.39. The maximum atomic E-state index is 10.1. The Balaban J connectivity index is 0. The van der Waals surface area contributed by atoms with Gasteiger partial charge in [-0.05, 0) is 19.4 Å². The summed E-state index contributed by atoms with van der Waals surface area (Å²) in [5.41, 5.74) is 10.4. The van der Waals surface area contributed by atoms with Gasteiger partial charge in [-0.3, -0.25) is 9.59 Å². The first-order chi connectivity index (χ1) is 6.95. The normalized spacial score (nSPS) is 11.1. The minimum absolute atomic E-state index is 0.222. The predicted molar refractivity (Wildman–Crippen MR) is 56.4 cm³/mol. The second kappa shape index (κ2) is 10.9. The van der Waals surface area contributed by atoms with E-state index in [4.69, 9.17) is 21.7 Å². The molecule has 6 heteroatoms. The summed E-state index contributed by atoms with van der Waals surface area (Å²) in [7, 11) is 0. The van der Waals surface area contributed by atoms with Crippen LogP contribution in [0, 0.1) is 0 Å². The topological polar surface area (TPSA) is 127 Å². The van der Waals surface area contributed by atoms with E-state index < -0.39 is 18.0 Å². The maximum absolute atomic E-state index is 10.1. The molecule has 1 unspecified atom stereocenters. The van der Waals surface area contributed by atoms with Crippen LogP contribution in [0.15, 0.2) is 0 Å². The standard InChI is InChI=1S/C6H14N2O2.C3H6O2/c7-4-2-1-3-5(8)6(9)10;1-2-3(4)5/h5H,1-4,7-8H2,(H,9,10);2H2,1H3,(H,4,5). The van der Waals surface area contributed by atoms with E-state index in [1.165, 1.54) is 0 Å². The third-order valence-electron chi connectivity index (χ3n) is 1.59. The van der Waals surface area contributed by atoms with Gasteiger partial charge in [0.05, 0.1) is 0 Å². The van der Waals surface area contributed by atoms with Gasteiger partial charge in [-0.15, -0.1) is 0 Å². The molecule has 0 rings (SSSR count). The number of carbonyl (C=O) groups is 2. The van der Waals surface area contributed by atoms with Crippen molar-refractivity contribution in [1.82, 2.24) is 0 Å². The molecule has 0 fully saturated rings. The van der Waals surface area contributed by atoms with E-state index in [9.17, 15) is 9.59 Å². The number of carboxylic acids is 2. The molecule has 0 amide bonds. The molecule has 0 aromatic rings. The van der Waals surface area contributed by atoms with Crippen LogP contribution in [0.5, 0.6) is 0 Å². The smallest absolute Gasteiger partial charge is 0.320 e. The Morgan fingerprint density at radius 2 is 1.73 bits per heavy atom. The summed E-state index contributed by atoms with van der Waals surface area (Å²) in [4.78, 5) is 19.5. The molecule has 90 valence electrons. The number of hydrogen-bond donors (Lipinski definition) is 4. The van der Waals surface area contributed by atoms with Crippen LogP contribution in [0.1, 0.15) is 32.6 Å². The summed E-state index contributed by atoms with van der Waals surface area (Å²) < 4.78 is 0. The van der Waals surface area contributed by atoms with Crippen LogP contribution in [0.25, 0.3) is 0 Å². The first kappa shape index (κ1) is 16.3. The van der Waals surface area contributed by atoms with Crippen molar-refractivity contribution in [3.63, 3.8) is 0 Å². The Kier molecular flexibility index (Phi) is 11.9. The van der Waals surface area contributed by atoms with Gasteiger partial charge >= 0.3 is 11.9 Å². The molecule has 0 aliphatic rings. The summed E-state index contributed by atoms with van der Waals surface area (Å²) in [6.45, 7) is 2.20. The summed E-state index contributed by atoms with van der Waals surface area (Å²) in [5, 5.41) is 16.0. The van der Waals surface area contributed by atoms with Crippen LogP contribution >= 0.6 is 0 Å². The molecule has 0 saturated carbocycles. The molecular weight excluding hydrogens is 200 g/mol. The maximum Gasteiger partial charge on any atom is 0.320 e. The van der Waals surface area contributed by atoms with Crippen molar-refractivity contribution >= 4 is 11.9 Å². The lowest BCUT2D eigenvalue weighted by Crippen LogP contribution is -2.29. The largest absolute Gasteiger partial charge is 0.481 e. The SMILES string of the molecule is CCC(=O)O.NCCCCC(N)C(=O)O. The van der Waals surface area contributed by atoms with Crippen LogP contribution in [0.2, 0.25) is 0 Å². The predicted octanol–water partition coefficient (Wildman–Crippen LogP) is 0.00830. The number of carboxylic acid groups (broad SMARTS) is 2. The zero-order valence-electron chi connectivity index (χ0n) is 8.98. The molecule has 0 aromatic heterocycles. The highest BCUT2D eigenvalue weighted by molar-refractivity contribution is 5.72. The zero-order valence-corrected chi connectivity index (χ0v) is 8.98. The Hall–Kier alpha value is -1.14. The van der Waals surface area contributed by atoms with E-state index in [1.807, 2.05) is 0 Å². The summed E-state index contributed by atoms with van der Waals surface area (Å²) >= 11 is 0. The van der Waals surface area contributed by atoms with E-state index in [1.54, 1.807) is 6.92 Å². The molecule has 0 aliphatic carbocycles. The molecule has 0 heterocycles. The van der Waals surface area contributed by atoms with Gasteiger partial charge in [0.15, 0.2) is 0 Å². The highest BCUT2D eigenvalue weighted by Gasteiger charge is 2.09. The number of hydrogen-bond acceptors (Lipinski definition) is 4. The third kappa shape index (κ3) is 15.6. The van der Waals surface area contributed by atoms with Crippen LogP contribution in [0.4, 0.5) is 0 Å². The first-order valence-electron chi connectivity index (χ1n) is 4.85. The number of nitrogens with two attached hydrogens (primary N) is 2. The molecule has 0 radical (unpaired) electrons. The molecule has 0 bridgehead atoms. The van der Waals surface area contributed by atoms with Gasteiger partial charge in [0.1, 0.15) is 6.04 Å². The lowest BCUT2D eigenvalue weighted by Gasteiger charge is -2.03. The molecule has 0 saturated heterocycles. The highest BCUT2D eigenvalue weighted by atomic mass is 16.4. The van der Waals surface area contributed by atoms with Gasteiger partial charge in [0.25, 0.3) is 0 Å². The second-order valence-electron chi connectivity index (χ2n) is 2.98. The van der Waals surface area contributed by atoms with E-state index in [2.05, 4.69) is 0 Å². The van der Waals surface area contributed by atoms with Crippen LogP contribution in [0.3, 0.4) is 0 Å². The fourth-order valence-corrected chi connectivity index (χ4v) is 0.632. The van der Waals surface area contributed by atoms with E-state index in [0.717, 1.165) is 12.8 Å². The number of rotatable bonds is 6. The molecule has 0 aliphatic heterocycles. The Morgan fingerprint density at radius 3 is 2.00 bits per heavy atom. The van der Waals surface area contributed by atoms with Gasteiger partial charge in [0.2, 0.25) is 0 Å². The average Bonchev–Trinajstić information content (AvgIpc) is 2.18. The molecule has 6 nitrogen and oxygen atoms in total. The first-order valence-corrected chi connectivity index (χ1v) is 4.85. The fraction of sp³-hybridized carbons (Fsp3) is 0.778. The van der Waals surface area contributed by atoms with Crippen molar-refractivity contribution < 1.29 is 19.8 Å². The van der Waals surface area contributed by atoms with Crippen molar-refractivity contribution in [3.05, 3.63) is 0 Å². The lowest BCUT2D eigenvalue weighted by molar-refractivity contribution is -0.139. The van der Waals surface area contributed by atoms with Crippen LogP contribution in [-0.2, 0) is 9.59 Å². The molecular formula is C9H20N2O4. The molecule has 1 atom stereocenters. The minimum Gasteiger partial charge on any atom is -0.481 e. The molecule has 15 heavy (non-hydrogen) atoms. The Labute approximate surface area is 89.3 Å². The highest BCUT2D eigenvalue weighted by Crippen LogP contribution is 1.96. The van der Waals surface area contributed by atoms with E-state index in [-0.39, 0.29) is 6.42 Å². The van der Waals surface area contributed by atoms with E-state index >= 15 is 0 Å². The lowest BCUT2D eigenvalue weighted by atomic mass is 10.1. The number of unbranched alkanes of at least 4 members (excludes halogenated alkanes) is 1. The zero-order chi connectivity index (χ0) is 12.3.